The zero-order valence-electron chi connectivity index (χ0n) is 15.4. The number of phenolic OH excluding ortho intramolecular Hbond substituents is 1. The number of rotatable bonds is 3. The van der Waals surface area contributed by atoms with Gasteiger partial charge in [-0.2, -0.15) is 0 Å². The van der Waals surface area contributed by atoms with Gasteiger partial charge in [0.2, 0.25) is 0 Å². The fourth-order valence-electron chi connectivity index (χ4n) is 3.81. The Morgan fingerprint density at radius 2 is 1.85 bits per heavy atom. The predicted molar refractivity (Wildman–Crippen MR) is 105 cm³/mol. The van der Waals surface area contributed by atoms with Crippen LogP contribution in [0.1, 0.15) is 34.5 Å². The summed E-state index contributed by atoms with van der Waals surface area (Å²) >= 11 is 0. The maximum atomic E-state index is 12.8. The largest absolute Gasteiger partial charge is 0.507 e. The number of aromatic nitrogens is 1. The van der Waals surface area contributed by atoms with Crippen molar-refractivity contribution >= 4 is 16.8 Å². The number of amides is 1. The Labute approximate surface area is 158 Å². The van der Waals surface area contributed by atoms with Crippen LogP contribution in [0.4, 0.5) is 0 Å². The van der Waals surface area contributed by atoms with Crippen LogP contribution in [0, 0.1) is 6.92 Å². The molecule has 0 radical (unpaired) electrons. The maximum absolute atomic E-state index is 12.8. The standard InChI is InChI=1S/C22H24N2O3/c1-15-5-7-16(8-6-15)14-22(27)9-11-24(12-10-22)21(26)19-13-17-18(23-19)3-2-4-20(17)25/h2-8,13,23,25,27H,9-12,14H2,1H3. The van der Waals surface area contributed by atoms with Crippen LogP contribution in [0.25, 0.3) is 10.9 Å². The molecule has 1 aliphatic rings. The predicted octanol–water partition coefficient (Wildman–Crippen LogP) is 3.39. The first-order chi connectivity index (χ1) is 12.9. The molecule has 2 heterocycles. The van der Waals surface area contributed by atoms with E-state index in [4.69, 9.17) is 0 Å². The molecule has 0 atom stereocenters. The van der Waals surface area contributed by atoms with Gasteiger partial charge in [0.1, 0.15) is 11.4 Å². The van der Waals surface area contributed by atoms with Crippen molar-refractivity contribution in [3.63, 3.8) is 0 Å². The van der Waals surface area contributed by atoms with Crippen LogP contribution in [-0.2, 0) is 6.42 Å². The molecule has 0 bridgehead atoms. The number of aliphatic hydroxyl groups is 1. The Hall–Kier alpha value is -2.79. The number of aromatic amines is 1. The molecule has 1 aromatic heterocycles. The van der Waals surface area contributed by atoms with E-state index in [-0.39, 0.29) is 11.7 Å². The van der Waals surface area contributed by atoms with Crippen LogP contribution in [0.2, 0.25) is 0 Å². The summed E-state index contributed by atoms with van der Waals surface area (Å²) in [7, 11) is 0. The van der Waals surface area contributed by atoms with Crippen molar-refractivity contribution in [1.29, 1.82) is 0 Å². The molecule has 0 saturated carbocycles. The van der Waals surface area contributed by atoms with Crippen molar-refractivity contribution in [2.75, 3.05) is 13.1 Å². The van der Waals surface area contributed by atoms with Crippen LogP contribution in [0.15, 0.2) is 48.5 Å². The van der Waals surface area contributed by atoms with E-state index in [9.17, 15) is 15.0 Å². The van der Waals surface area contributed by atoms with Gasteiger partial charge in [-0.3, -0.25) is 4.79 Å². The van der Waals surface area contributed by atoms with E-state index in [1.807, 2.05) is 13.0 Å². The van der Waals surface area contributed by atoms with Gasteiger partial charge >= 0.3 is 0 Å². The molecule has 3 aromatic rings. The zero-order valence-corrected chi connectivity index (χ0v) is 15.4. The van der Waals surface area contributed by atoms with Crippen LogP contribution in [0.5, 0.6) is 5.75 Å². The van der Waals surface area contributed by atoms with Crippen molar-refractivity contribution in [3.8, 4) is 5.75 Å². The highest BCUT2D eigenvalue weighted by atomic mass is 16.3. The number of piperidine rings is 1. The summed E-state index contributed by atoms with van der Waals surface area (Å²) in [4.78, 5) is 17.7. The molecule has 5 nitrogen and oxygen atoms in total. The first-order valence-corrected chi connectivity index (χ1v) is 9.31. The van der Waals surface area contributed by atoms with Gasteiger partial charge < -0.3 is 20.1 Å². The number of benzene rings is 2. The molecule has 140 valence electrons. The highest BCUT2D eigenvalue weighted by molar-refractivity contribution is 5.99. The quantitative estimate of drug-likeness (QED) is 0.667. The molecule has 27 heavy (non-hydrogen) atoms. The third-order valence-electron chi connectivity index (χ3n) is 5.51. The molecule has 0 spiro atoms. The number of aryl methyl sites for hydroxylation is 1. The number of H-pyrrole nitrogens is 1. The Bertz CT molecular complexity index is 967. The normalized spacial score (nSPS) is 16.6. The van der Waals surface area contributed by atoms with Gasteiger partial charge in [-0.05, 0) is 43.5 Å². The van der Waals surface area contributed by atoms with E-state index in [1.54, 1.807) is 23.1 Å². The molecule has 0 aliphatic carbocycles. The van der Waals surface area contributed by atoms with E-state index >= 15 is 0 Å². The van der Waals surface area contributed by atoms with E-state index in [2.05, 4.69) is 29.2 Å². The van der Waals surface area contributed by atoms with E-state index < -0.39 is 5.60 Å². The number of carbonyl (C=O) groups excluding carboxylic acids is 1. The third kappa shape index (κ3) is 3.55. The van der Waals surface area contributed by atoms with Crippen molar-refractivity contribution in [2.24, 2.45) is 0 Å². The summed E-state index contributed by atoms with van der Waals surface area (Å²) in [5.74, 6) is 0.0666. The smallest absolute Gasteiger partial charge is 0.270 e. The van der Waals surface area contributed by atoms with Crippen molar-refractivity contribution in [2.45, 2.75) is 31.8 Å². The molecule has 5 heteroatoms. The van der Waals surface area contributed by atoms with Gasteiger partial charge in [0.15, 0.2) is 0 Å². The van der Waals surface area contributed by atoms with Gasteiger partial charge in [-0.1, -0.05) is 35.9 Å². The average Bonchev–Trinajstić information content (AvgIpc) is 3.09. The number of fused-ring (bicyclic) bond motifs is 1. The van der Waals surface area contributed by atoms with Gasteiger partial charge in [0.05, 0.1) is 5.60 Å². The van der Waals surface area contributed by atoms with E-state index in [0.717, 1.165) is 11.1 Å². The maximum Gasteiger partial charge on any atom is 0.270 e. The molecule has 0 unspecified atom stereocenters. The van der Waals surface area contributed by atoms with Crippen molar-refractivity contribution in [1.82, 2.24) is 9.88 Å². The number of aromatic hydroxyl groups is 1. The van der Waals surface area contributed by atoms with Gasteiger partial charge in [-0.25, -0.2) is 0 Å². The molecular formula is C22H24N2O3. The molecule has 4 rings (SSSR count). The fraction of sp³-hybridized carbons (Fsp3) is 0.318. The Morgan fingerprint density at radius 3 is 2.52 bits per heavy atom. The Kier molecular flexibility index (Phi) is 4.40. The molecule has 3 N–H and O–H groups in total. The second-order valence-corrected chi connectivity index (χ2v) is 7.60. The fourth-order valence-corrected chi connectivity index (χ4v) is 3.81. The molecule has 1 saturated heterocycles. The first kappa shape index (κ1) is 17.6. The zero-order chi connectivity index (χ0) is 19.0. The van der Waals surface area contributed by atoms with Crippen LogP contribution >= 0.6 is 0 Å². The van der Waals surface area contributed by atoms with Crippen LogP contribution in [0.3, 0.4) is 0 Å². The lowest BCUT2D eigenvalue weighted by atomic mass is 9.85. The summed E-state index contributed by atoms with van der Waals surface area (Å²) < 4.78 is 0. The Balaban J connectivity index is 1.44. The highest BCUT2D eigenvalue weighted by Gasteiger charge is 2.34. The Morgan fingerprint density at radius 1 is 1.15 bits per heavy atom. The number of carbonyl (C=O) groups is 1. The molecule has 1 fully saturated rings. The SMILES string of the molecule is Cc1ccc(CC2(O)CCN(C(=O)c3cc4c(O)cccc4[nH]3)CC2)cc1. The number of hydrogen-bond donors (Lipinski definition) is 3. The third-order valence-corrected chi connectivity index (χ3v) is 5.51. The monoisotopic (exact) mass is 364 g/mol. The van der Waals surface area contributed by atoms with Gasteiger partial charge in [-0.15, -0.1) is 0 Å². The number of likely N-dealkylation sites (tertiary alicyclic amines) is 1. The topological polar surface area (TPSA) is 76.6 Å². The summed E-state index contributed by atoms with van der Waals surface area (Å²) in [5, 5.41) is 21.5. The minimum Gasteiger partial charge on any atom is -0.507 e. The van der Waals surface area contributed by atoms with E-state index in [0.29, 0.717) is 43.4 Å². The summed E-state index contributed by atoms with van der Waals surface area (Å²) in [6.45, 7) is 3.08. The molecule has 2 aromatic carbocycles. The second kappa shape index (κ2) is 6.74. The summed E-state index contributed by atoms with van der Waals surface area (Å²) in [6, 6.07) is 15.1. The number of phenols is 1. The number of nitrogens with zero attached hydrogens (tertiary/aromatic N) is 1. The van der Waals surface area contributed by atoms with Crippen molar-refractivity contribution in [3.05, 3.63) is 65.4 Å². The lowest BCUT2D eigenvalue weighted by Gasteiger charge is -2.38. The summed E-state index contributed by atoms with van der Waals surface area (Å²) in [6.07, 6.45) is 1.71. The lowest BCUT2D eigenvalue weighted by molar-refractivity contribution is -0.0163. The van der Waals surface area contributed by atoms with Crippen LogP contribution < -0.4 is 0 Å². The van der Waals surface area contributed by atoms with Gasteiger partial charge in [0, 0.05) is 30.4 Å². The number of hydrogen-bond acceptors (Lipinski definition) is 3. The van der Waals surface area contributed by atoms with E-state index in [1.165, 1.54) is 5.56 Å². The highest BCUT2D eigenvalue weighted by Crippen LogP contribution is 2.29. The summed E-state index contributed by atoms with van der Waals surface area (Å²) in [5.41, 5.74) is 2.76. The van der Waals surface area contributed by atoms with Crippen molar-refractivity contribution < 1.29 is 15.0 Å². The second-order valence-electron chi connectivity index (χ2n) is 7.60. The van der Waals surface area contributed by atoms with Gasteiger partial charge in [0.25, 0.3) is 5.91 Å². The first-order valence-electron chi connectivity index (χ1n) is 9.31. The number of nitrogens with one attached hydrogen (secondary N) is 1. The molecular weight excluding hydrogens is 340 g/mol. The minimum absolute atomic E-state index is 0.0945. The lowest BCUT2D eigenvalue weighted by Crippen LogP contribution is -2.47. The minimum atomic E-state index is -0.773. The average molecular weight is 364 g/mol. The van der Waals surface area contributed by atoms with Crippen LogP contribution in [-0.4, -0.2) is 44.7 Å². The molecule has 1 aliphatic heterocycles. The molecule has 1 amide bonds.